The van der Waals surface area contributed by atoms with Crippen LogP contribution in [0.25, 0.3) is 0 Å². The first kappa shape index (κ1) is 16.5. The minimum atomic E-state index is -0.772. The van der Waals surface area contributed by atoms with Gasteiger partial charge in [-0.3, -0.25) is 4.79 Å². The fourth-order valence-electron chi connectivity index (χ4n) is 2.02. The number of thiazole rings is 1. The molecule has 1 heterocycles. The third kappa shape index (κ3) is 4.33. The lowest BCUT2D eigenvalue weighted by Crippen LogP contribution is -2.34. The minimum Gasteiger partial charge on any atom is -0.388 e. The number of benzene rings is 1. The van der Waals surface area contributed by atoms with Crippen LogP contribution in [0.5, 0.6) is 0 Å². The number of nitrogens with two attached hydrogens (primary N) is 1. The molecular formula is C15H18FN3O2S. The summed E-state index contributed by atoms with van der Waals surface area (Å²) in [7, 11) is 0. The number of carbonyl (C=O) groups excluding carboxylic acids is 1. The van der Waals surface area contributed by atoms with Gasteiger partial charge < -0.3 is 16.2 Å². The van der Waals surface area contributed by atoms with Crippen LogP contribution in [0, 0.1) is 5.82 Å². The van der Waals surface area contributed by atoms with E-state index in [4.69, 9.17) is 5.73 Å². The van der Waals surface area contributed by atoms with Crippen molar-refractivity contribution in [2.45, 2.75) is 32.0 Å². The molecule has 0 radical (unpaired) electrons. The summed E-state index contributed by atoms with van der Waals surface area (Å²) in [5.41, 5.74) is 6.40. The summed E-state index contributed by atoms with van der Waals surface area (Å²) < 4.78 is 12.9. The molecule has 118 valence electrons. The molecule has 1 amide bonds. The van der Waals surface area contributed by atoms with Crippen molar-refractivity contribution in [1.29, 1.82) is 0 Å². The Kier molecular flexibility index (Phi) is 5.59. The first-order valence-corrected chi connectivity index (χ1v) is 7.76. The summed E-state index contributed by atoms with van der Waals surface area (Å²) in [4.78, 5) is 16.1. The topological polar surface area (TPSA) is 88.2 Å². The van der Waals surface area contributed by atoms with Crippen LogP contribution in [-0.4, -0.2) is 22.0 Å². The van der Waals surface area contributed by atoms with Gasteiger partial charge in [0.1, 0.15) is 16.5 Å². The summed E-state index contributed by atoms with van der Waals surface area (Å²) in [5, 5.41) is 15.2. The number of nitrogens with zero attached hydrogens (tertiary/aromatic N) is 1. The second-order valence-electron chi connectivity index (χ2n) is 5.01. The van der Waals surface area contributed by atoms with Gasteiger partial charge in [0, 0.05) is 18.0 Å². The largest absolute Gasteiger partial charge is 0.388 e. The van der Waals surface area contributed by atoms with E-state index in [1.807, 2.05) is 0 Å². The summed E-state index contributed by atoms with van der Waals surface area (Å²) in [6.45, 7) is 2.09. The molecule has 1 aromatic carbocycles. The maximum Gasteiger partial charge on any atom is 0.270 e. The fraction of sp³-hybridized carbons (Fsp3) is 0.333. The monoisotopic (exact) mass is 323 g/mol. The van der Waals surface area contributed by atoms with Crippen LogP contribution in [0.1, 0.15) is 40.5 Å². The van der Waals surface area contributed by atoms with Crippen LogP contribution < -0.4 is 11.1 Å². The van der Waals surface area contributed by atoms with Gasteiger partial charge in [0.25, 0.3) is 5.91 Å². The van der Waals surface area contributed by atoms with Crippen LogP contribution in [-0.2, 0) is 6.54 Å². The number of nitrogens with one attached hydrogen (secondary N) is 1. The van der Waals surface area contributed by atoms with E-state index in [0.29, 0.717) is 29.2 Å². The molecule has 0 saturated carbocycles. The minimum absolute atomic E-state index is 0.254. The van der Waals surface area contributed by atoms with Crippen molar-refractivity contribution in [3.63, 3.8) is 0 Å². The van der Waals surface area contributed by atoms with E-state index in [0.717, 1.165) is 0 Å². The standard InChI is InChI=1S/C15H18FN3O2S/c1-9(6-13(20)10-2-4-11(16)5-3-10)18-15(21)12-8-22-14(7-17)19-12/h2-5,8-9,13,20H,6-7,17H2,1H3,(H,18,21). The highest BCUT2D eigenvalue weighted by molar-refractivity contribution is 7.09. The van der Waals surface area contributed by atoms with E-state index in [9.17, 15) is 14.3 Å². The van der Waals surface area contributed by atoms with Crippen molar-refractivity contribution >= 4 is 17.2 Å². The molecule has 0 saturated heterocycles. The Labute approximate surface area is 132 Å². The van der Waals surface area contributed by atoms with Crippen LogP contribution in [0.3, 0.4) is 0 Å². The van der Waals surface area contributed by atoms with Crippen LogP contribution in [0.4, 0.5) is 4.39 Å². The van der Waals surface area contributed by atoms with Gasteiger partial charge in [0.15, 0.2) is 0 Å². The smallest absolute Gasteiger partial charge is 0.270 e. The highest BCUT2D eigenvalue weighted by Crippen LogP contribution is 2.19. The van der Waals surface area contributed by atoms with Crippen molar-refractivity contribution in [3.05, 3.63) is 51.7 Å². The van der Waals surface area contributed by atoms with Crippen molar-refractivity contribution in [2.75, 3.05) is 0 Å². The second-order valence-corrected chi connectivity index (χ2v) is 5.95. The van der Waals surface area contributed by atoms with Gasteiger partial charge in [-0.1, -0.05) is 12.1 Å². The third-order valence-electron chi connectivity index (χ3n) is 3.17. The number of carbonyl (C=O) groups is 1. The first-order chi connectivity index (χ1) is 10.5. The zero-order valence-electron chi connectivity index (χ0n) is 12.1. The molecular weight excluding hydrogens is 305 g/mol. The fourth-order valence-corrected chi connectivity index (χ4v) is 2.68. The molecule has 0 aliphatic carbocycles. The van der Waals surface area contributed by atoms with Gasteiger partial charge in [-0.15, -0.1) is 11.3 Å². The van der Waals surface area contributed by atoms with Crippen LogP contribution in [0.2, 0.25) is 0 Å². The quantitative estimate of drug-likeness (QED) is 0.758. The Morgan fingerprint density at radius 1 is 1.45 bits per heavy atom. The average Bonchev–Trinajstić information content (AvgIpc) is 2.96. The SMILES string of the molecule is CC(CC(O)c1ccc(F)cc1)NC(=O)c1csc(CN)n1. The van der Waals surface area contributed by atoms with Gasteiger partial charge in [0.05, 0.1) is 6.10 Å². The van der Waals surface area contributed by atoms with E-state index in [1.54, 1.807) is 12.3 Å². The van der Waals surface area contributed by atoms with Crippen LogP contribution in [0.15, 0.2) is 29.6 Å². The zero-order chi connectivity index (χ0) is 16.1. The van der Waals surface area contributed by atoms with E-state index >= 15 is 0 Å². The number of aliphatic hydroxyl groups is 1. The molecule has 0 spiro atoms. The molecule has 7 heteroatoms. The molecule has 0 aliphatic rings. The first-order valence-electron chi connectivity index (χ1n) is 6.88. The molecule has 0 bridgehead atoms. The number of amides is 1. The van der Waals surface area contributed by atoms with Crippen LogP contribution >= 0.6 is 11.3 Å². The number of halogens is 1. The van der Waals surface area contributed by atoms with Gasteiger partial charge in [-0.25, -0.2) is 9.37 Å². The van der Waals surface area contributed by atoms with Gasteiger partial charge in [-0.2, -0.15) is 0 Å². The Bertz CT molecular complexity index is 630. The Morgan fingerprint density at radius 3 is 2.73 bits per heavy atom. The number of aromatic nitrogens is 1. The lowest BCUT2D eigenvalue weighted by atomic mass is 10.0. The molecule has 0 fully saturated rings. The van der Waals surface area contributed by atoms with Crippen molar-refractivity contribution in [1.82, 2.24) is 10.3 Å². The molecule has 22 heavy (non-hydrogen) atoms. The van der Waals surface area contributed by atoms with E-state index in [-0.39, 0.29) is 17.8 Å². The molecule has 4 N–H and O–H groups in total. The highest BCUT2D eigenvalue weighted by atomic mass is 32.1. The normalized spacial score (nSPS) is 13.6. The van der Waals surface area contributed by atoms with Crippen molar-refractivity contribution < 1.29 is 14.3 Å². The Balaban J connectivity index is 1.90. The zero-order valence-corrected chi connectivity index (χ0v) is 12.9. The Hall–Kier alpha value is -1.83. The lowest BCUT2D eigenvalue weighted by Gasteiger charge is -2.17. The molecule has 2 atom stereocenters. The number of hydrogen-bond donors (Lipinski definition) is 3. The van der Waals surface area contributed by atoms with Crippen molar-refractivity contribution in [2.24, 2.45) is 5.73 Å². The maximum absolute atomic E-state index is 12.9. The van der Waals surface area contributed by atoms with Gasteiger partial charge >= 0.3 is 0 Å². The Morgan fingerprint density at radius 2 is 2.14 bits per heavy atom. The molecule has 1 aromatic heterocycles. The number of hydrogen-bond acceptors (Lipinski definition) is 5. The molecule has 5 nitrogen and oxygen atoms in total. The molecule has 0 aliphatic heterocycles. The summed E-state index contributed by atoms with van der Waals surface area (Å²) in [6.07, 6.45) is -0.448. The summed E-state index contributed by atoms with van der Waals surface area (Å²) in [6, 6.07) is 5.40. The van der Waals surface area contributed by atoms with E-state index in [1.165, 1.54) is 35.6 Å². The predicted molar refractivity (Wildman–Crippen MR) is 82.9 cm³/mol. The van der Waals surface area contributed by atoms with Gasteiger partial charge in [0.2, 0.25) is 0 Å². The summed E-state index contributed by atoms with van der Waals surface area (Å²) >= 11 is 1.34. The highest BCUT2D eigenvalue weighted by Gasteiger charge is 2.17. The lowest BCUT2D eigenvalue weighted by molar-refractivity contribution is 0.0912. The average molecular weight is 323 g/mol. The molecule has 2 unspecified atom stereocenters. The predicted octanol–water partition coefficient (Wildman–Crippen LogP) is 1.98. The molecule has 2 rings (SSSR count). The summed E-state index contributed by atoms with van der Waals surface area (Å²) in [5.74, 6) is -0.647. The number of rotatable bonds is 6. The van der Waals surface area contributed by atoms with E-state index in [2.05, 4.69) is 10.3 Å². The van der Waals surface area contributed by atoms with E-state index < -0.39 is 6.10 Å². The number of aliphatic hydroxyl groups excluding tert-OH is 1. The second kappa shape index (κ2) is 7.44. The molecule has 2 aromatic rings. The third-order valence-corrected chi connectivity index (χ3v) is 4.04. The maximum atomic E-state index is 12.9. The van der Waals surface area contributed by atoms with Gasteiger partial charge in [-0.05, 0) is 31.0 Å². The van der Waals surface area contributed by atoms with Crippen molar-refractivity contribution in [3.8, 4) is 0 Å².